The molecule has 1 aliphatic carbocycles. The van der Waals surface area contributed by atoms with Crippen molar-refractivity contribution < 1.29 is 4.79 Å². The van der Waals surface area contributed by atoms with Crippen LogP contribution in [-0.4, -0.2) is 12.1 Å². The molecule has 132 valence electrons. The van der Waals surface area contributed by atoms with E-state index in [9.17, 15) is 4.79 Å². The Morgan fingerprint density at radius 2 is 1.76 bits per heavy atom. The molecular formula is C20H23ClN2OS. The van der Waals surface area contributed by atoms with E-state index in [1.807, 2.05) is 48.5 Å². The molecule has 0 unspecified atom stereocenters. The summed E-state index contributed by atoms with van der Waals surface area (Å²) in [7, 11) is 0. The summed E-state index contributed by atoms with van der Waals surface area (Å²) < 4.78 is 0. The first kappa shape index (κ1) is 18.2. The molecule has 2 aromatic rings. The monoisotopic (exact) mass is 374 g/mol. The molecule has 0 bridgehead atoms. The van der Waals surface area contributed by atoms with E-state index in [0.717, 1.165) is 34.2 Å². The zero-order chi connectivity index (χ0) is 17.5. The van der Waals surface area contributed by atoms with Crippen molar-refractivity contribution in [3.8, 4) is 0 Å². The number of benzene rings is 2. The third-order valence-electron chi connectivity index (χ3n) is 4.38. The number of hydrogen-bond donors (Lipinski definition) is 2. The minimum absolute atomic E-state index is 0.105. The summed E-state index contributed by atoms with van der Waals surface area (Å²) in [5, 5.41) is 6.86. The minimum atomic E-state index is -0.105. The van der Waals surface area contributed by atoms with Gasteiger partial charge in [0.05, 0.1) is 5.69 Å². The minimum Gasteiger partial charge on any atom is -0.335 e. The molecule has 0 heterocycles. The normalized spacial score (nSPS) is 14.9. The Kier molecular flexibility index (Phi) is 6.65. The molecular weight excluding hydrogens is 352 g/mol. The number of halogens is 1. The van der Waals surface area contributed by atoms with Crippen LogP contribution in [0.25, 0.3) is 0 Å². The van der Waals surface area contributed by atoms with Crippen molar-refractivity contribution in [2.45, 2.75) is 48.8 Å². The number of rotatable bonds is 5. The van der Waals surface area contributed by atoms with E-state index < -0.39 is 0 Å². The van der Waals surface area contributed by atoms with Crippen LogP contribution in [0.3, 0.4) is 0 Å². The van der Waals surface area contributed by atoms with Gasteiger partial charge in [-0.25, -0.2) is 4.79 Å². The lowest BCUT2D eigenvalue weighted by atomic mass is 9.96. The van der Waals surface area contributed by atoms with E-state index in [0.29, 0.717) is 6.04 Å². The van der Waals surface area contributed by atoms with E-state index in [2.05, 4.69) is 10.6 Å². The lowest BCUT2D eigenvalue weighted by Crippen LogP contribution is -2.39. The molecule has 0 radical (unpaired) electrons. The maximum absolute atomic E-state index is 12.3. The van der Waals surface area contributed by atoms with Gasteiger partial charge in [-0.1, -0.05) is 55.1 Å². The molecule has 2 amide bonds. The molecule has 0 atom stereocenters. The van der Waals surface area contributed by atoms with Crippen molar-refractivity contribution in [1.82, 2.24) is 5.32 Å². The predicted molar refractivity (Wildman–Crippen MR) is 106 cm³/mol. The van der Waals surface area contributed by atoms with Gasteiger partial charge >= 0.3 is 6.03 Å². The van der Waals surface area contributed by atoms with Gasteiger partial charge in [-0.2, -0.15) is 0 Å². The maximum atomic E-state index is 12.3. The molecule has 3 rings (SSSR count). The van der Waals surface area contributed by atoms with Crippen molar-refractivity contribution in [3.05, 3.63) is 59.1 Å². The second-order valence-electron chi connectivity index (χ2n) is 6.34. The van der Waals surface area contributed by atoms with Crippen molar-refractivity contribution in [3.63, 3.8) is 0 Å². The summed E-state index contributed by atoms with van der Waals surface area (Å²) in [6.07, 6.45) is 5.86. The molecule has 0 spiro atoms. The molecule has 2 N–H and O–H groups in total. The Hall–Kier alpha value is -1.65. The first-order valence-electron chi connectivity index (χ1n) is 8.74. The summed E-state index contributed by atoms with van der Waals surface area (Å²) in [5.41, 5.74) is 2.06. The summed E-state index contributed by atoms with van der Waals surface area (Å²) in [6.45, 7) is 0. The highest BCUT2D eigenvalue weighted by atomic mass is 35.5. The van der Waals surface area contributed by atoms with E-state index in [1.165, 1.54) is 24.8 Å². The van der Waals surface area contributed by atoms with E-state index in [-0.39, 0.29) is 6.03 Å². The fraction of sp³-hybridized carbons (Fsp3) is 0.350. The quantitative estimate of drug-likeness (QED) is 0.622. The fourth-order valence-corrected chi connectivity index (χ4v) is 4.12. The van der Waals surface area contributed by atoms with Gasteiger partial charge in [-0.05, 0) is 42.7 Å². The zero-order valence-corrected chi connectivity index (χ0v) is 15.7. The van der Waals surface area contributed by atoms with Gasteiger partial charge in [0.15, 0.2) is 0 Å². The summed E-state index contributed by atoms with van der Waals surface area (Å²) in [6, 6.07) is 16.0. The van der Waals surface area contributed by atoms with Crippen LogP contribution in [0, 0.1) is 0 Å². The molecule has 1 saturated carbocycles. The van der Waals surface area contributed by atoms with Crippen molar-refractivity contribution in [1.29, 1.82) is 0 Å². The molecule has 1 fully saturated rings. The van der Waals surface area contributed by atoms with Crippen LogP contribution < -0.4 is 10.6 Å². The average molecular weight is 375 g/mol. The Balaban J connectivity index is 1.58. The highest BCUT2D eigenvalue weighted by Crippen LogP contribution is 2.30. The lowest BCUT2D eigenvalue weighted by molar-refractivity contribution is 0.244. The topological polar surface area (TPSA) is 41.1 Å². The fourth-order valence-electron chi connectivity index (χ4n) is 3.03. The second-order valence-corrected chi connectivity index (χ2v) is 7.80. The average Bonchev–Trinajstić information content (AvgIpc) is 2.63. The molecule has 0 aromatic heterocycles. The first-order valence-corrected chi connectivity index (χ1v) is 10.1. The molecule has 0 saturated heterocycles. The van der Waals surface area contributed by atoms with Gasteiger partial charge in [0, 0.05) is 21.7 Å². The Morgan fingerprint density at radius 1 is 1.04 bits per heavy atom. The lowest BCUT2D eigenvalue weighted by Gasteiger charge is -2.23. The number of carbonyl (C=O) groups excluding carboxylic acids is 1. The molecule has 0 aliphatic heterocycles. The van der Waals surface area contributed by atoms with Gasteiger partial charge in [-0.3, -0.25) is 0 Å². The Bertz CT molecular complexity index is 699. The van der Waals surface area contributed by atoms with Crippen molar-refractivity contribution in [2.75, 3.05) is 5.32 Å². The first-order chi connectivity index (χ1) is 12.2. The van der Waals surface area contributed by atoms with Crippen molar-refractivity contribution in [2.24, 2.45) is 0 Å². The van der Waals surface area contributed by atoms with Gasteiger partial charge in [-0.15, -0.1) is 11.8 Å². The largest absolute Gasteiger partial charge is 0.335 e. The summed E-state index contributed by atoms with van der Waals surface area (Å²) in [4.78, 5) is 13.4. The third kappa shape index (κ3) is 5.68. The highest BCUT2D eigenvalue weighted by Gasteiger charge is 2.16. The smallest absolute Gasteiger partial charge is 0.319 e. The van der Waals surface area contributed by atoms with E-state index >= 15 is 0 Å². The SMILES string of the molecule is O=C(Nc1ccccc1SCc1ccc(Cl)cc1)NC1CCCCC1. The van der Waals surface area contributed by atoms with E-state index in [1.54, 1.807) is 11.8 Å². The number of carbonyl (C=O) groups is 1. The zero-order valence-electron chi connectivity index (χ0n) is 14.1. The number of hydrogen-bond acceptors (Lipinski definition) is 2. The molecule has 25 heavy (non-hydrogen) atoms. The summed E-state index contributed by atoms with van der Waals surface area (Å²) in [5.74, 6) is 0.833. The number of urea groups is 1. The summed E-state index contributed by atoms with van der Waals surface area (Å²) >= 11 is 7.64. The predicted octanol–water partition coefficient (Wildman–Crippen LogP) is 6.09. The van der Waals surface area contributed by atoms with Crippen LogP contribution in [-0.2, 0) is 5.75 Å². The molecule has 5 heteroatoms. The number of para-hydroxylation sites is 1. The Labute approximate surface area is 158 Å². The van der Waals surface area contributed by atoms with Gasteiger partial charge < -0.3 is 10.6 Å². The number of thioether (sulfide) groups is 1. The second kappa shape index (κ2) is 9.16. The van der Waals surface area contributed by atoms with Gasteiger partial charge in [0.1, 0.15) is 0 Å². The number of anilines is 1. The van der Waals surface area contributed by atoms with Crippen LogP contribution in [0.2, 0.25) is 5.02 Å². The van der Waals surface area contributed by atoms with Crippen molar-refractivity contribution >= 4 is 35.1 Å². The van der Waals surface area contributed by atoms with Crippen LogP contribution in [0.15, 0.2) is 53.4 Å². The standard InChI is InChI=1S/C20H23ClN2OS/c21-16-12-10-15(11-13-16)14-25-19-9-5-4-8-18(19)23-20(24)22-17-6-2-1-3-7-17/h4-5,8-13,17H,1-3,6-7,14H2,(H2,22,23,24). The highest BCUT2D eigenvalue weighted by molar-refractivity contribution is 7.98. The van der Waals surface area contributed by atoms with Crippen LogP contribution >= 0.6 is 23.4 Å². The maximum Gasteiger partial charge on any atom is 0.319 e. The third-order valence-corrected chi connectivity index (χ3v) is 5.78. The van der Waals surface area contributed by atoms with Gasteiger partial charge in [0.2, 0.25) is 0 Å². The Morgan fingerprint density at radius 3 is 2.52 bits per heavy atom. The van der Waals surface area contributed by atoms with E-state index in [4.69, 9.17) is 11.6 Å². The van der Waals surface area contributed by atoms with Crippen LogP contribution in [0.5, 0.6) is 0 Å². The van der Waals surface area contributed by atoms with Gasteiger partial charge in [0.25, 0.3) is 0 Å². The molecule has 1 aliphatic rings. The number of nitrogens with one attached hydrogen (secondary N) is 2. The number of amides is 2. The molecule has 3 nitrogen and oxygen atoms in total. The molecule has 2 aromatic carbocycles. The van der Waals surface area contributed by atoms with Crippen LogP contribution in [0.4, 0.5) is 10.5 Å². The van der Waals surface area contributed by atoms with Crippen LogP contribution in [0.1, 0.15) is 37.7 Å².